The molecule has 0 saturated carbocycles. The Kier molecular flexibility index (Phi) is 4.99. The van der Waals surface area contributed by atoms with E-state index in [0.717, 1.165) is 30.7 Å². The fourth-order valence-electron chi connectivity index (χ4n) is 2.68. The van der Waals surface area contributed by atoms with Gasteiger partial charge in [0, 0.05) is 26.3 Å². The Bertz CT molecular complexity index is 763. The number of carboxylic acids is 1. The van der Waals surface area contributed by atoms with E-state index in [-0.39, 0.29) is 17.7 Å². The minimum Gasteiger partial charge on any atom is -0.478 e. The third-order valence-electron chi connectivity index (χ3n) is 4.05. The van der Waals surface area contributed by atoms with Gasteiger partial charge in [0.25, 0.3) is 0 Å². The number of carboxylic acid groups (broad SMARTS) is 1. The number of hydrogen-bond acceptors (Lipinski definition) is 4. The maximum absolute atomic E-state index is 12.1. The van der Waals surface area contributed by atoms with E-state index in [9.17, 15) is 9.59 Å². The zero-order valence-corrected chi connectivity index (χ0v) is 13.9. The largest absolute Gasteiger partial charge is 0.478 e. The molecule has 1 aromatic carbocycles. The van der Waals surface area contributed by atoms with Gasteiger partial charge in [-0.25, -0.2) is 9.59 Å². The number of aromatic carboxylic acids is 1. The summed E-state index contributed by atoms with van der Waals surface area (Å²) in [6, 6.07) is 7.81. The van der Waals surface area contributed by atoms with Gasteiger partial charge in [-0.2, -0.15) is 5.10 Å². The van der Waals surface area contributed by atoms with Crippen LogP contribution in [-0.2, 0) is 18.3 Å². The summed E-state index contributed by atoms with van der Waals surface area (Å²) < 4.78 is 7.21. The Hall–Kier alpha value is -2.87. The van der Waals surface area contributed by atoms with Gasteiger partial charge in [-0.3, -0.25) is 10.00 Å². The van der Waals surface area contributed by atoms with Crippen molar-refractivity contribution in [3.05, 3.63) is 47.2 Å². The number of aromatic nitrogens is 2. The van der Waals surface area contributed by atoms with Crippen LogP contribution in [0.3, 0.4) is 0 Å². The molecule has 0 spiro atoms. The Labute approximate surface area is 144 Å². The van der Waals surface area contributed by atoms with Crippen LogP contribution in [0.15, 0.2) is 30.3 Å². The zero-order chi connectivity index (χ0) is 17.8. The van der Waals surface area contributed by atoms with Crippen molar-refractivity contribution < 1.29 is 19.4 Å². The van der Waals surface area contributed by atoms with Crippen molar-refractivity contribution in [1.82, 2.24) is 15.1 Å². The third-order valence-corrected chi connectivity index (χ3v) is 4.05. The molecule has 2 aromatic rings. The maximum atomic E-state index is 12.1. The Balaban J connectivity index is 1.54. The number of aryl methyl sites for hydroxylation is 1. The molecule has 8 heteroatoms. The van der Waals surface area contributed by atoms with Crippen molar-refractivity contribution in [2.24, 2.45) is 7.05 Å². The number of urea groups is 1. The number of benzene rings is 1. The molecule has 0 aliphatic carbocycles. The molecule has 1 aliphatic rings. The molecule has 132 valence electrons. The topological polar surface area (TPSA) is 105 Å². The number of carbonyl (C=O) groups is 2. The van der Waals surface area contributed by atoms with E-state index in [0.29, 0.717) is 12.4 Å². The van der Waals surface area contributed by atoms with E-state index < -0.39 is 5.97 Å². The lowest BCUT2D eigenvalue weighted by molar-refractivity contribution is 0.0697. The van der Waals surface area contributed by atoms with Crippen LogP contribution in [0.25, 0.3) is 0 Å². The molecule has 1 aliphatic heterocycles. The summed E-state index contributed by atoms with van der Waals surface area (Å²) in [5, 5.41) is 18.7. The molecule has 3 N–H and O–H groups in total. The molecule has 0 radical (unpaired) electrons. The van der Waals surface area contributed by atoms with E-state index in [1.165, 1.54) is 12.1 Å². The fraction of sp³-hybridized carbons (Fsp3) is 0.353. The van der Waals surface area contributed by atoms with Crippen LogP contribution in [0, 0.1) is 0 Å². The summed E-state index contributed by atoms with van der Waals surface area (Å²) in [4.78, 5) is 22.9. The first-order valence-electron chi connectivity index (χ1n) is 8.05. The normalized spacial score (nSPS) is 16.6. The molecule has 1 fully saturated rings. The molecule has 1 unspecified atom stereocenters. The van der Waals surface area contributed by atoms with E-state index in [4.69, 9.17) is 9.84 Å². The number of amides is 2. The molecule has 1 atom stereocenters. The van der Waals surface area contributed by atoms with Gasteiger partial charge in [0.05, 0.1) is 11.3 Å². The number of carbonyl (C=O) groups excluding carboxylic acids is 1. The predicted octanol–water partition coefficient (Wildman–Crippen LogP) is 2.29. The van der Waals surface area contributed by atoms with E-state index in [1.807, 2.05) is 6.07 Å². The van der Waals surface area contributed by atoms with Gasteiger partial charge < -0.3 is 15.2 Å². The zero-order valence-electron chi connectivity index (χ0n) is 13.9. The lowest BCUT2D eigenvalue weighted by Crippen LogP contribution is -2.29. The van der Waals surface area contributed by atoms with Gasteiger partial charge in [0.2, 0.25) is 0 Å². The molecule has 0 bridgehead atoms. The highest BCUT2D eigenvalue weighted by Crippen LogP contribution is 2.28. The van der Waals surface area contributed by atoms with Crippen molar-refractivity contribution in [1.29, 1.82) is 0 Å². The van der Waals surface area contributed by atoms with Crippen molar-refractivity contribution in [2.45, 2.75) is 25.5 Å². The molecule has 25 heavy (non-hydrogen) atoms. The molecule has 1 saturated heterocycles. The smallest absolute Gasteiger partial charge is 0.335 e. The lowest BCUT2D eigenvalue weighted by atomic mass is 10.1. The molecule has 2 heterocycles. The number of nitrogens with one attached hydrogen (secondary N) is 2. The molecule has 1 aromatic heterocycles. The first kappa shape index (κ1) is 17.0. The second-order valence-electron chi connectivity index (χ2n) is 5.89. The van der Waals surface area contributed by atoms with E-state index in [2.05, 4.69) is 15.7 Å². The minimum absolute atomic E-state index is 0.00226. The van der Waals surface area contributed by atoms with Crippen LogP contribution in [-0.4, -0.2) is 33.5 Å². The maximum Gasteiger partial charge on any atom is 0.335 e. The van der Waals surface area contributed by atoms with Crippen LogP contribution in [0.1, 0.15) is 40.6 Å². The summed E-state index contributed by atoms with van der Waals surface area (Å²) in [7, 11) is 1.76. The van der Waals surface area contributed by atoms with Gasteiger partial charge >= 0.3 is 12.0 Å². The van der Waals surface area contributed by atoms with Crippen molar-refractivity contribution >= 4 is 17.8 Å². The van der Waals surface area contributed by atoms with Crippen LogP contribution in [0.5, 0.6) is 0 Å². The second-order valence-corrected chi connectivity index (χ2v) is 5.89. The first-order chi connectivity index (χ1) is 12.0. The summed E-state index contributed by atoms with van der Waals surface area (Å²) in [5.41, 5.74) is 1.84. The van der Waals surface area contributed by atoms with Crippen LogP contribution in [0.2, 0.25) is 0 Å². The highest BCUT2D eigenvalue weighted by atomic mass is 16.5. The average Bonchev–Trinajstić information content (AvgIpc) is 3.24. The van der Waals surface area contributed by atoms with E-state index in [1.54, 1.807) is 23.9 Å². The SMILES string of the molecule is Cn1nc(C2CCCO2)cc1NC(=O)NCc1ccc(C(=O)O)cc1. The Morgan fingerprint density at radius 2 is 2.12 bits per heavy atom. The number of ether oxygens (including phenoxy) is 1. The first-order valence-corrected chi connectivity index (χ1v) is 8.05. The van der Waals surface area contributed by atoms with Gasteiger partial charge in [0.15, 0.2) is 0 Å². The Morgan fingerprint density at radius 1 is 1.36 bits per heavy atom. The average molecular weight is 344 g/mol. The summed E-state index contributed by atoms with van der Waals surface area (Å²) >= 11 is 0. The number of anilines is 1. The van der Waals surface area contributed by atoms with Gasteiger partial charge in [-0.05, 0) is 30.5 Å². The summed E-state index contributed by atoms with van der Waals surface area (Å²) in [6.07, 6.45) is 1.96. The third kappa shape index (κ3) is 4.16. The summed E-state index contributed by atoms with van der Waals surface area (Å²) in [6.45, 7) is 1.04. The Morgan fingerprint density at radius 3 is 2.76 bits per heavy atom. The summed E-state index contributed by atoms with van der Waals surface area (Å²) in [5.74, 6) is -0.389. The fourth-order valence-corrected chi connectivity index (χ4v) is 2.68. The monoisotopic (exact) mass is 344 g/mol. The molecular weight excluding hydrogens is 324 g/mol. The molecule has 8 nitrogen and oxygen atoms in total. The van der Waals surface area contributed by atoms with Gasteiger partial charge in [-0.15, -0.1) is 0 Å². The van der Waals surface area contributed by atoms with Crippen molar-refractivity contribution in [3.63, 3.8) is 0 Å². The van der Waals surface area contributed by atoms with Crippen LogP contribution >= 0.6 is 0 Å². The number of rotatable bonds is 5. The highest BCUT2D eigenvalue weighted by Gasteiger charge is 2.21. The number of hydrogen-bond donors (Lipinski definition) is 3. The minimum atomic E-state index is -0.976. The molecular formula is C17H20N4O4. The van der Waals surface area contributed by atoms with Crippen molar-refractivity contribution in [3.8, 4) is 0 Å². The lowest BCUT2D eigenvalue weighted by Gasteiger charge is -2.07. The van der Waals surface area contributed by atoms with Gasteiger partial charge in [-0.1, -0.05) is 12.1 Å². The second kappa shape index (κ2) is 7.35. The quantitative estimate of drug-likeness (QED) is 0.772. The van der Waals surface area contributed by atoms with Crippen LogP contribution in [0.4, 0.5) is 10.6 Å². The standard InChI is InChI=1S/C17H20N4O4/c1-21-15(9-13(20-21)14-3-2-8-25-14)19-17(24)18-10-11-4-6-12(7-5-11)16(22)23/h4-7,9,14H,2-3,8,10H2,1H3,(H,22,23)(H2,18,19,24). The van der Waals surface area contributed by atoms with Crippen molar-refractivity contribution in [2.75, 3.05) is 11.9 Å². The molecule has 2 amide bonds. The molecule has 3 rings (SSSR count). The van der Waals surface area contributed by atoms with E-state index >= 15 is 0 Å². The van der Waals surface area contributed by atoms with Gasteiger partial charge in [0.1, 0.15) is 11.9 Å². The number of nitrogens with zero attached hydrogens (tertiary/aromatic N) is 2. The van der Waals surface area contributed by atoms with Crippen LogP contribution < -0.4 is 10.6 Å². The predicted molar refractivity (Wildman–Crippen MR) is 90.4 cm³/mol. The highest BCUT2D eigenvalue weighted by molar-refractivity contribution is 5.88.